The molecule has 0 radical (unpaired) electrons. The van der Waals surface area contributed by atoms with E-state index in [1.165, 1.54) is 0 Å². The first-order valence-electron chi connectivity index (χ1n) is 7.43. The lowest BCUT2D eigenvalue weighted by Gasteiger charge is -2.03. The fourth-order valence-corrected chi connectivity index (χ4v) is 2.44. The first kappa shape index (κ1) is 13.1. The largest absolute Gasteiger partial charge is 0.465 e. The Morgan fingerprint density at radius 3 is 2.86 bits per heavy atom. The molecule has 0 saturated heterocycles. The first-order valence-corrected chi connectivity index (χ1v) is 7.43. The molecule has 3 aromatic rings. The van der Waals surface area contributed by atoms with Crippen molar-refractivity contribution in [1.82, 2.24) is 10.3 Å². The van der Waals surface area contributed by atoms with Crippen LogP contribution in [0.4, 0.5) is 0 Å². The highest BCUT2D eigenvalue weighted by molar-refractivity contribution is 5.96. The number of amides is 1. The molecular formula is C17H16N2O3. The molecule has 1 aliphatic carbocycles. The van der Waals surface area contributed by atoms with Crippen molar-refractivity contribution in [3.8, 4) is 0 Å². The fourth-order valence-electron chi connectivity index (χ4n) is 2.44. The molecule has 5 heteroatoms. The molecule has 0 spiro atoms. The number of carbonyl (C=O) groups is 1. The van der Waals surface area contributed by atoms with Crippen LogP contribution in [0.15, 0.2) is 39.2 Å². The van der Waals surface area contributed by atoms with Gasteiger partial charge in [-0.2, -0.15) is 0 Å². The smallest absolute Gasteiger partial charge is 0.251 e. The maximum absolute atomic E-state index is 12.2. The van der Waals surface area contributed by atoms with E-state index in [1.54, 1.807) is 12.1 Å². The van der Waals surface area contributed by atoms with E-state index in [2.05, 4.69) is 10.3 Å². The highest BCUT2D eigenvalue weighted by Gasteiger charge is 2.29. The van der Waals surface area contributed by atoms with Crippen molar-refractivity contribution in [2.24, 2.45) is 0 Å². The monoisotopic (exact) mass is 296 g/mol. The zero-order valence-electron chi connectivity index (χ0n) is 12.3. The van der Waals surface area contributed by atoms with Gasteiger partial charge in [0.25, 0.3) is 5.91 Å². The molecule has 22 heavy (non-hydrogen) atoms. The number of aryl methyl sites for hydroxylation is 1. The Morgan fingerprint density at radius 1 is 1.27 bits per heavy atom. The topological polar surface area (TPSA) is 68.3 Å². The number of benzene rings is 1. The van der Waals surface area contributed by atoms with Crippen molar-refractivity contribution in [2.45, 2.75) is 32.2 Å². The lowest BCUT2D eigenvalue weighted by Crippen LogP contribution is -2.22. The van der Waals surface area contributed by atoms with Crippen molar-refractivity contribution in [3.05, 3.63) is 53.3 Å². The van der Waals surface area contributed by atoms with Crippen molar-refractivity contribution >= 4 is 17.0 Å². The van der Waals surface area contributed by atoms with Crippen LogP contribution in [0, 0.1) is 6.92 Å². The average molecular weight is 296 g/mol. The van der Waals surface area contributed by atoms with Crippen molar-refractivity contribution in [1.29, 1.82) is 0 Å². The van der Waals surface area contributed by atoms with Gasteiger partial charge in [0.15, 0.2) is 11.5 Å². The van der Waals surface area contributed by atoms with Gasteiger partial charge in [0, 0.05) is 11.5 Å². The van der Waals surface area contributed by atoms with Crippen LogP contribution in [0.3, 0.4) is 0 Å². The molecule has 5 nitrogen and oxygen atoms in total. The van der Waals surface area contributed by atoms with Gasteiger partial charge in [0.2, 0.25) is 0 Å². The van der Waals surface area contributed by atoms with Crippen LogP contribution >= 0.6 is 0 Å². The highest BCUT2D eigenvalue weighted by atomic mass is 16.3. The summed E-state index contributed by atoms with van der Waals surface area (Å²) in [6.07, 6.45) is 2.28. The molecule has 1 aromatic carbocycles. The van der Waals surface area contributed by atoms with Gasteiger partial charge in [-0.25, -0.2) is 4.98 Å². The van der Waals surface area contributed by atoms with Crippen molar-refractivity contribution in [2.75, 3.05) is 0 Å². The fraction of sp³-hybridized carbons (Fsp3) is 0.294. The van der Waals surface area contributed by atoms with Gasteiger partial charge in [-0.3, -0.25) is 4.79 Å². The maximum atomic E-state index is 12.2. The zero-order chi connectivity index (χ0) is 15.1. The Kier molecular flexibility index (Phi) is 2.99. The minimum Gasteiger partial charge on any atom is -0.465 e. The molecule has 1 saturated carbocycles. The maximum Gasteiger partial charge on any atom is 0.251 e. The quantitative estimate of drug-likeness (QED) is 0.799. The predicted octanol–water partition coefficient (Wildman–Crippen LogP) is 3.54. The minimum atomic E-state index is -0.152. The number of rotatable bonds is 4. The number of hydrogen-bond acceptors (Lipinski definition) is 4. The number of fused-ring (bicyclic) bond motifs is 1. The van der Waals surface area contributed by atoms with Gasteiger partial charge >= 0.3 is 0 Å². The predicted molar refractivity (Wildman–Crippen MR) is 80.6 cm³/mol. The molecule has 0 atom stereocenters. The lowest BCUT2D eigenvalue weighted by atomic mass is 10.2. The number of furan rings is 1. The summed E-state index contributed by atoms with van der Waals surface area (Å²) < 4.78 is 11.2. The van der Waals surface area contributed by atoms with E-state index in [1.807, 2.05) is 25.1 Å². The van der Waals surface area contributed by atoms with Gasteiger partial charge in [-0.05, 0) is 50.1 Å². The summed E-state index contributed by atoms with van der Waals surface area (Å²) in [6, 6.07) is 9.08. The summed E-state index contributed by atoms with van der Waals surface area (Å²) in [5, 5.41) is 2.84. The normalized spacial score (nSPS) is 14.4. The Labute approximate surface area is 127 Å². The molecule has 0 aliphatic heterocycles. The Bertz CT molecular complexity index is 843. The number of hydrogen-bond donors (Lipinski definition) is 1. The molecule has 1 N–H and O–H groups in total. The van der Waals surface area contributed by atoms with Gasteiger partial charge < -0.3 is 14.2 Å². The minimum absolute atomic E-state index is 0.152. The van der Waals surface area contributed by atoms with E-state index in [0.29, 0.717) is 23.6 Å². The number of carbonyl (C=O) groups excluding carboxylic acids is 1. The third-order valence-electron chi connectivity index (χ3n) is 3.81. The summed E-state index contributed by atoms with van der Waals surface area (Å²) in [5.74, 6) is 2.67. The molecule has 2 heterocycles. The SMILES string of the molecule is Cc1ccc(CNC(=O)c2ccc3nc(C4CC4)oc3c2)o1. The van der Waals surface area contributed by atoms with Crippen LogP contribution in [-0.4, -0.2) is 10.9 Å². The molecular weight excluding hydrogens is 280 g/mol. The summed E-state index contributed by atoms with van der Waals surface area (Å²) in [6.45, 7) is 2.25. The summed E-state index contributed by atoms with van der Waals surface area (Å²) in [5.41, 5.74) is 2.04. The Morgan fingerprint density at radius 2 is 2.14 bits per heavy atom. The van der Waals surface area contributed by atoms with Gasteiger partial charge in [0.1, 0.15) is 17.0 Å². The second-order valence-electron chi connectivity index (χ2n) is 5.70. The molecule has 2 aromatic heterocycles. The Hall–Kier alpha value is -2.56. The third kappa shape index (κ3) is 2.50. The average Bonchev–Trinajstić information content (AvgIpc) is 3.15. The van der Waals surface area contributed by atoms with E-state index in [-0.39, 0.29) is 5.91 Å². The second-order valence-corrected chi connectivity index (χ2v) is 5.70. The highest BCUT2D eigenvalue weighted by Crippen LogP contribution is 2.40. The van der Waals surface area contributed by atoms with Crippen LogP contribution < -0.4 is 5.32 Å². The van der Waals surface area contributed by atoms with E-state index in [4.69, 9.17) is 8.83 Å². The second kappa shape index (κ2) is 5.02. The number of aromatic nitrogens is 1. The van der Waals surface area contributed by atoms with E-state index in [0.717, 1.165) is 35.8 Å². The number of nitrogens with one attached hydrogen (secondary N) is 1. The summed E-state index contributed by atoms with van der Waals surface area (Å²) in [4.78, 5) is 16.7. The third-order valence-corrected chi connectivity index (χ3v) is 3.81. The number of nitrogens with zero attached hydrogens (tertiary/aromatic N) is 1. The number of oxazole rings is 1. The summed E-state index contributed by atoms with van der Waals surface area (Å²) >= 11 is 0. The molecule has 1 amide bonds. The van der Waals surface area contributed by atoms with Crippen LogP contribution in [-0.2, 0) is 6.54 Å². The van der Waals surface area contributed by atoms with Crippen LogP contribution in [0.25, 0.3) is 11.1 Å². The zero-order valence-corrected chi connectivity index (χ0v) is 12.3. The molecule has 0 bridgehead atoms. The lowest BCUT2D eigenvalue weighted by molar-refractivity contribution is 0.0948. The van der Waals surface area contributed by atoms with Gasteiger partial charge in [0.05, 0.1) is 6.54 Å². The van der Waals surface area contributed by atoms with E-state index < -0.39 is 0 Å². The Balaban J connectivity index is 1.50. The van der Waals surface area contributed by atoms with Crippen LogP contribution in [0.5, 0.6) is 0 Å². The van der Waals surface area contributed by atoms with Gasteiger partial charge in [-0.1, -0.05) is 0 Å². The molecule has 4 rings (SSSR count). The molecule has 1 aliphatic rings. The molecule has 0 unspecified atom stereocenters. The first-order chi connectivity index (χ1) is 10.7. The molecule has 112 valence electrons. The van der Waals surface area contributed by atoms with Crippen molar-refractivity contribution < 1.29 is 13.6 Å². The van der Waals surface area contributed by atoms with Crippen LogP contribution in [0.1, 0.15) is 46.5 Å². The van der Waals surface area contributed by atoms with Crippen LogP contribution in [0.2, 0.25) is 0 Å². The molecule has 1 fully saturated rings. The van der Waals surface area contributed by atoms with E-state index >= 15 is 0 Å². The van der Waals surface area contributed by atoms with Crippen molar-refractivity contribution in [3.63, 3.8) is 0 Å². The van der Waals surface area contributed by atoms with Gasteiger partial charge in [-0.15, -0.1) is 0 Å². The van der Waals surface area contributed by atoms with E-state index in [9.17, 15) is 4.79 Å². The standard InChI is InChI=1S/C17H16N2O3/c1-10-2-6-13(21-10)9-18-16(20)12-5-7-14-15(8-12)22-17(19-14)11-3-4-11/h2,5-8,11H,3-4,9H2,1H3,(H,18,20). The summed E-state index contributed by atoms with van der Waals surface area (Å²) in [7, 11) is 0.